The van der Waals surface area contributed by atoms with Crippen molar-refractivity contribution in [2.24, 2.45) is 0 Å². The first-order valence-corrected chi connectivity index (χ1v) is 10.9. The lowest BCUT2D eigenvalue weighted by molar-refractivity contribution is 0.0982. The fraction of sp³-hybridized carbons (Fsp3) is 0.227. The van der Waals surface area contributed by atoms with E-state index in [9.17, 15) is 4.79 Å². The molecule has 4 rings (SSSR count). The first kappa shape index (κ1) is 23.8. The second kappa shape index (κ2) is 10.7. The summed E-state index contributed by atoms with van der Waals surface area (Å²) < 4.78 is 13.8. The second-order valence-electron chi connectivity index (χ2n) is 6.73. The number of imidazole rings is 1. The summed E-state index contributed by atoms with van der Waals surface area (Å²) in [4.78, 5) is 24.1. The van der Waals surface area contributed by atoms with Crippen LogP contribution < -0.4 is 14.4 Å². The van der Waals surface area contributed by atoms with Crippen LogP contribution in [0.5, 0.6) is 11.5 Å². The van der Waals surface area contributed by atoms with Crippen LogP contribution in [0, 0.1) is 0 Å². The number of thiazole rings is 1. The molecule has 0 aliphatic carbocycles. The number of anilines is 1. The van der Waals surface area contributed by atoms with Gasteiger partial charge in [-0.25, -0.2) is 9.97 Å². The molecule has 0 aliphatic heterocycles. The summed E-state index contributed by atoms with van der Waals surface area (Å²) in [5.41, 5.74) is 1.10. The Labute approximate surface area is 201 Å². The number of hydrogen-bond acceptors (Lipinski definition) is 6. The van der Waals surface area contributed by atoms with Crippen LogP contribution in [-0.2, 0) is 6.54 Å². The van der Waals surface area contributed by atoms with Gasteiger partial charge < -0.3 is 14.0 Å². The number of ether oxygens (including phenoxy) is 2. The van der Waals surface area contributed by atoms with E-state index < -0.39 is 0 Å². The maximum absolute atomic E-state index is 13.7. The van der Waals surface area contributed by atoms with E-state index in [4.69, 9.17) is 21.1 Å². The van der Waals surface area contributed by atoms with Gasteiger partial charge in [0.2, 0.25) is 0 Å². The van der Waals surface area contributed by atoms with E-state index in [1.165, 1.54) is 18.4 Å². The molecule has 10 heteroatoms. The zero-order valence-electron chi connectivity index (χ0n) is 17.5. The summed E-state index contributed by atoms with van der Waals surface area (Å²) in [6, 6.07) is 10.9. The van der Waals surface area contributed by atoms with Crippen LogP contribution in [0.2, 0.25) is 5.02 Å². The Morgan fingerprint density at radius 2 is 2.00 bits per heavy atom. The minimum Gasteiger partial charge on any atom is -0.493 e. The normalized spacial score (nSPS) is 10.6. The van der Waals surface area contributed by atoms with Crippen molar-refractivity contribution in [3.8, 4) is 11.5 Å². The molecule has 2 aromatic carbocycles. The Morgan fingerprint density at radius 1 is 1.19 bits per heavy atom. The molecule has 2 heterocycles. The molecule has 0 atom stereocenters. The van der Waals surface area contributed by atoms with Crippen molar-refractivity contribution in [3.05, 3.63) is 65.7 Å². The molecule has 0 fully saturated rings. The van der Waals surface area contributed by atoms with Crippen LogP contribution in [-0.4, -0.2) is 41.2 Å². The molecule has 0 spiro atoms. The molecule has 0 N–H and O–H groups in total. The monoisotopic (exact) mass is 492 g/mol. The molecule has 0 saturated heterocycles. The Morgan fingerprint density at radius 3 is 2.69 bits per heavy atom. The number of carbonyl (C=O) groups is 1. The number of aromatic nitrogens is 3. The Kier molecular flexibility index (Phi) is 7.95. The van der Waals surface area contributed by atoms with E-state index in [1.54, 1.807) is 48.8 Å². The number of amides is 1. The SMILES string of the molecule is COc1cccc(C(=O)N(CCCn2ccnc2)c2nc3c(Cl)cccc3s2)c1OC.Cl. The maximum atomic E-state index is 13.7. The summed E-state index contributed by atoms with van der Waals surface area (Å²) in [7, 11) is 3.07. The molecule has 32 heavy (non-hydrogen) atoms. The van der Waals surface area contributed by atoms with Crippen molar-refractivity contribution >= 4 is 56.6 Å². The highest BCUT2D eigenvalue weighted by atomic mass is 35.5. The summed E-state index contributed by atoms with van der Waals surface area (Å²) in [5.74, 6) is 0.685. The quantitative estimate of drug-likeness (QED) is 0.332. The molecular weight excluding hydrogens is 471 g/mol. The number of nitrogens with zero attached hydrogens (tertiary/aromatic N) is 4. The standard InChI is InChI=1S/C22H21ClN4O3S.ClH/c1-29-17-8-3-6-15(20(17)30-2)21(28)27(12-5-11-26-13-10-24-14-26)22-25-19-16(23)7-4-9-18(19)31-22;/h3-4,6-10,13-14H,5,11-12H2,1-2H3;1H. The predicted octanol–water partition coefficient (Wildman–Crippen LogP) is 5.32. The van der Waals surface area contributed by atoms with Crippen molar-refractivity contribution in [3.63, 3.8) is 0 Å². The number of methoxy groups -OCH3 is 2. The second-order valence-corrected chi connectivity index (χ2v) is 8.15. The number of halogens is 2. The van der Waals surface area contributed by atoms with E-state index in [0.29, 0.717) is 39.3 Å². The predicted molar refractivity (Wildman–Crippen MR) is 130 cm³/mol. The number of aryl methyl sites for hydroxylation is 1. The molecule has 2 aromatic heterocycles. The van der Waals surface area contributed by atoms with Gasteiger partial charge in [0.05, 0.1) is 35.8 Å². The van der Waals surface area contributed by atoms with Gasteiger partial charge in [-0.1, -0.05) is 35.1 Å². The number of rotatable bonds is 8. The summed E-state index contributed by atoms with van der Waals surface area (Å²) in [6.45, 7) is 1.19. The third kappa shape index (κ3) is 4.82. The highest BCUT2D eigenvalue weighted by molar-refractivity contribution is 7.22. The van der Waals surface area contributed by atoms with Gasteiger partial charge in [-0.3, -0.25) is 9.69 Å². The lowest BCUT2D eigenvalue weighted by Gasteiger charge is -2.22. The average Bonchev–Trinajstić information content (AvgIpc) is 3.46. The molecule has 7 nitrogen and oxygen atoms in total. The van der Waals surface area contributed by atoms with Gasteiger partial charge in [0.15, 0.2) is 16.6 Å². The van der Waals surface area contributed by atoms with Gasteiger partial charge >= 0.3 is 0 Å². The van der Waals surface area contributed by atoms with Gasteiger partial charge in [-0.15, -0.1) is 12.4 Å². The van der Waals surface area contributed by atoms with Crippen molar-refractivity contribution in [2.45, 2.75) is 13.0 Å². The van der Waals surface area contributed by atoms with Crippen molar-refractivity contribution < 1.29 is 14.3 Å². The Balaban J connectivity index is 0.00000289. The highest BCUT2D eigenvalue weighted by Gasteiger charge is 2.25. The number of benzene rings is 2. The number of carbonyl (C=O) groups excluding carboxylic acids is 1. The van der Waals surface area contributed by atoms with E-state index in [2.05, 4.69) is 9.97 Å². The molecule has 0 saturated carbocycles. The van der Waals surface area contributed by atoms with Crippen molar-refractivity contribution in [1.82, 2.24) is 14.5 Å². The van der Waals surface area contributed by atoms with E-state index in [-0.39, 0.29) is 18.3 Å². The molecule has 0 bridgehead atoms. The lowest BCUT2D eigenvalue weighted by atomic mass is 10.1. The van der Waals surface area contributed by atoms with Crippen LogP contribution in [0.4, 0.5) is 5.13 Å². The topological polar surface area (TPSA) is 69.5 Å². The summed E-state index contributed by atoms with van der Waals surface area (Å²) in [5, 5.41) is 1.15. The molecule has 4 aromatic rings. The van der Waals surface area contributed by atoms with Crippen LogP contribution in [0.25, 0.3) is 10.2 Å². The van der Waals surface area contributed by atoms with Gasteiger partial charge in [0, 0.05) is 25.5 Å². The van der Waals surface area contributed by atoms with Gasteiger partial charge in [0.1, 0.15) is 5.52 Å². The van der Waals surface area contributed by atoms with Gasteiger partial charge in [-0.05, 0) is 30.7 Å². The fourth-order valence-corrected chi connectivity index (χ4v) is 4.62. The third-order valence-electron chi connectivity index (χ3n) is 4.83. The zero-order valence-corrected chi connectivity index (χ0v) is 19.9. The number of fused-ring (bicyclic) bond motifs is 1. The minimum absolute atomic E-state index is 0. The largest absolute Gasteiger partial charge is 0.493 e. The molecular formula is C22H22Cl2N4O3S. The Bertz CT molecular complexity index is 1200. The first-order chi connectivity index (χ1) is 15.1. The van der Waals surface area contributed by atoms with E-state index >= 15 is 0 Å². The van der Waals surface area contributed by atoms with Crippen molar-refractivity contribution in [2.75, 3.05) is 25.7 Å². The third-order valence-corrected chi connectivity index (χ3v) is 6.17. The van der Waals surface area contributed by atoms with Crippen LogP contribution in [0.1, 0.15) is 16.8 Å². The molecule has 0 aliphatic rings. The average molecular weight is 493 g/mol. The van der Waals surface area contributed by atoms with Crippen LogP contribution in [0.3, 0.4) is 0 Å². The van der Waals surface area contributed by atoms with E-state index in [0.717, 1.165) is 17.7 Å². The van der Waals surface area contributed by atoms with Crippen LogP contribution >= 0.6 is 35.3 Å². The molecule has 168 valence electrons. The fourth-order valence-electron chi connectivity index (χ4n) is 3.33. The summed E-state index contributed by atoms with van der Waals surface area (Å²) >= 11 is 7.76. The smallest absolute Gasteiger partial charge is 0.263 e. The van der Waals surface area contributed by atoms with E-state index in [1.807, 2.05) is 22.9 Å². The maximum Gasteiger partial charge on any atom is 0.263 e. The molecule has 0 radical (unpaired) electrons. The summed E-state index contributed by atoms with van der Waals surface area (Å²) in [6.07, 6.45) is 6.11. The minimum atomic E-state index is -0.212. The Hall–Kier alpha value is -2.81. The van der Waals surface area contributed by atoms with Gasteiger partial charge in [-0.2, -0.15) is 0 Å². The zero-order chi connectivity index (χ0) is 21.8. The lowest BCUT2D eigenvalue weighted by Crippen LogP contribution is -2.32. The highest BCUT2D eigenvalue weighted by Crippen LogP contribution is 2.36. The first-order valence-electron chi connectivity index (χ1n) is 9.66. The van der Waals surface area contributed by atoms with Crippen LogP contribution in [0.15, 0.2) is 55.1 Å². The van der Waals surface area contributed by atoms with Crippen molar-refractivity contribution in [1.29, 1.82) is 0 Å². The number of hydrogen-bond donors (Lipinski definition) is 0. The van der Waals surface area contributed by atoms with Gasteiger partial charge in [0.25, 0.3) is 5.91 Å². The number of para-hydroxylation sites is 2. The molecule has 1 amide bonds. The molecule has 0 unspecified atom stereocenters.